The Morgan fingerprint density at radius 1 is 1.05 bits per heavy atom. The van der Waals surface area contributed by atoms with Crippen molar-refractivity contribution in [1.82, 2.24) is 0 Å². The monoisotopic (exact) mass is 288 g/mol. The molecule has 1 heterocycles. The van der Waals surface area contributed by atoms with E-state index in [1.54, 1.807) is 0 Å². The van der Waals surface area contributed by atoms with Crippen LogP contribution in [0.4, 0.5) is 0 Å². The lowest BCUT2D eigenvalue weighted by molar-refractivity contribution is 0.00578. The van der Waals surface area contributed by atoms with E-state index in [4.69, 9.17) is 9.31 Å². The smallest absolute Gasteiger partial charge is 0.403 e. The molecule has 1 aromatic carbocycles. The Labute approximate surface area is 130 Å². The second-order valence-electron chi connectivity index (χ2n) is 7.55. The van der Waals surface area contributed by atoms with Gasteiger partial charge in [-0.3, -0.25) is 0 Å². The van der Waals surface area contributed by atoms with E-state index in [0.29, 0.717) is 0 Å². The van der Waals surface area contributed by atoms with Gasteiger partial charge in [-0.25, -0.2) is 0 Å². The van der Waals surface area contributed by atoms with Crippen LogP contribution in [0.25, 0.3) is 0 Å². The lowest BCUT2D eigenvalue weighted by Crippen LogP contribution is -2.41. The summed E-state index contributed by atoms with van der Waals surface area (Å²) in [5, 5.41) is 0. The summed E-state index contributed by atoms with van der Waals surface area (Å²) < 4.78 is 12.5. The van der Waals surface area contributed by atoms with E-state index in [2.05, 4.69) is 78.8 Å². The number of benzene rings is 1. The summed E-state index contributed by atoms with van der Waals surface area (Å²) in [6.07, 6.45) is 1.06. The molecular weight excluding hydrogens is 259 g/mol. The van der Waals surface area contributed by atoms with Gasteiger partial charge in [0.2, 0.25) is 0 Å². The fourth-order valence-electron chi connectivity index (χ4n) is 3.00. The molecule has 2 nitrogen and oxygen atoms in total. The molecule has 0 bridgehead atoms. The van der Waals surface area contributed by atoms with Crippen LogP contribution in [0.1, 0.15) is 60.5 Å². The Kier molecular flexibility index (Phi) is 4.29. The maximum absolute atomic E-state index is 6.27. The van der Waals surface area contributed by atoms with E-state index in [1.807, 2.05) is 0 Å². The second kappa shape index (κ2) is 5.44. The van der Waals surface area contributed by atoms with Crippen molar-refractivity contribution in [3.63, 3.8) is 0 Å². The van der Waals surface area contributed by atoms with Crippen LogP contribution in [-0.4, -0.2) is 18.3 Å². The lowest BCUT2D eigenvalue weighted by Gasteiger charge is -2.36. The maximum Gasteiger partial charge on any atom is 0.461 e. The summed E-state index contributed by atoms with van der Waals surface area (Å²) in [6, 6.07) is 10.7. The van der Waals surface area contributed by atoms with Crippen LogP contribution in [0.3, 0.4) is 0 Å². The third-order valence-corrected chi connectivity index (χ3v) is 5.85. The molecule has 0 aliphatic carbocycles. The molecular formula is C18H29BO2. The summed E-state index contributed by atoms with van der Waals surface area (Å²) in [5.41, 5.74) is 0.867. The first kappa shape index (κ1) is 16.6. The molecule has 1 saturated heterocycles. The van der Waals surface area contributed by atoms with Gasteiger partial charge in [0, 0.05) is 5.82 Å². The van der Waals surface area contributed by atoms with Crippen molar-refractivity contribution in [2.24, 2.45) is 0 Å². The third kappa shape index (κ3) is 2.78. The van der Waals surface area contributed by atoms with Crippen molar-refractivity contribution in [3.8, 4) is 0 Å². The van der Waals surface area contributed by atoms with Gasteiger partial charge in [-0.1, -0.05) is 51.1 Å². The summed E-state index contributed by atoms with van der Waals surface area (Å²) in [5.74, 6) is 0.283. The van der Waals surface area contributed by atoms with Gasteiger partial charge in [-0.05, 0) is 45.1 Å². The highest BCUT2D eigenvalue weighted by Gasteiger charge is 2.55. The molecule has 1 aliphatic rings. The van der Waals surface area contributed by atoms with Crippen molar-refractivity contribution in [1.29, 1.82) is 0 Å². The summed E-state index contributed by atoms with van der Waals surface area (Å²) >= 11 is 0. The Bertz CT molecular complexity index is 467. The topological polar surface area (TPSA) is 18.5 Å². The first-order valence-electron chi connectivity index (χ1n) is 8.05. The molecule has 0 spiro atoms. The zero-order valence-corrected chi connectivity index (χ0v) is 14.6. The highest BCUT2D eigenvalue weighted by Crippen LogP contribution is 2.47. The Morgan fingerprint density at radius 3 is 1.95 bits per heavy atom. The van der Waals surface area contributed by atoms with E-state index in [-0.39, 0.29) is 29.6 Å². The van der Waals surface area contributed by atoms with Crippen LogP contribution < -0.4 is 0 Å². The SMILES string of the molecule is CC[C@@](C)(c1ccccc1)[C@@H](C)B1OC(C)(C)C(C)(C)O1. The highest BCUT2D eigenvalue weighted by atomic mass is 16.7. The average Bonchev–Trinajstić information content (AvgIpc) is 2.66. The minimum Gasteiger partial charge on any atom is -0.403 e. The van der Waals surface area contributed by atoms with Gasteiger partial charge >= 0.3 is 7.12 Å². The zero-order chi connectivity index (χ0) is 15.9. The minimum atomic E-state index is -0.267. The Morgan fingerprint density at radius 2 is 1.52 bits per heavy atom. The molecule has 1 aromatic rings. The summed E-state index contributed by atoms with van der Waals surface area (Å²) in [7, 11) is -0.167. The van der Waals surface area contributed by atoms with Gasteiger partial charge in [0.1, 0.15) is 0 Å². The molecule has 2 atom stereocenters. The molecule has 0 unspecified atom stereocenters. The molecule has 21 heavy (non-hydrogen) atoms. The number of hydrogen-bond acceptors (Lipinski definition) is 2. The maximum atomic E-state index is 6.27. The predicted octanol–water partition coefficient (Wildman–Crippen LogP) is 4.84. The molecule has 0 radical (unpaired) electrons. The van der Waals surface area contributed by atoms with Crippen molar-refractivity contribution >= 4 is 7.12 Å². The first-order chi connectivity index (χ1) is 9.64. The molecule has 0 amide bonds. The number of hydrogen-bond donors (Lipinski definition) is 0. The summed E-state index contributed by atoms with van der Waals surface area (Å²) in [4.78, 5) is 0. The van der Waals surface area contributed by atoms with Crippen molar-refractivity contribution < 1.29 is 9.31 Å². The van der Waals surface area contributed by atoms with Gasteiger partial charge in [-0.15, -0.1) is 0 Å². The molecule has 0 N–H and O–H groups in total. The van der Waals surface area contributed by atoms with Gasteiger partial charge in [0.05, 0.1) is 11.2 Å². The zero-order valence-electron chi connectivity index (χ0n) is 14.6. The van der Waals surface area contributed by atoms with Crippen LogP contribution in [0.15, 0.2) is 30.3 Å². The quantitative estimate of drug-likeness (QED) is 0.738. The van der Waals surface area contributed by atoms with Crippen molar-refractivity contribution in [2.75, 3.05) is 0 Å². The highest BCUT2D eigenvalue weighted by molar-refractivity contribution is 6.47. The largest absolute Gasteiger partial charge is 0.461 e. The van der Waals surface area contributed by atoms with Gasteiger partial charge < -0.3 is 9.31 Å². The molecule has 0 saturated carbocycles. The Balaban J connectivity index is 2.28. The van der Waals surface area contributed by atoms with Crippen LogP contribution in [0.2, 0.25) is 5.82 Å². The molecule has 0 aromatic heterocycles. The van der Waals surface area contributed by atoms with Crippen LogP contribution in [0.5, 0.6) is 0 Å². The van der Waals surface area contributed by atoms with Gasteiger partial charge in [0.15, 0.2) is 0 Å². The Hall–Kier alpha value is -0.795. The van der Waals surface area contributed by atoms with E-state index in [9.17, 15) is 0 Å². The van der Waals surface area contributed by atoms with Gasteiger partial charge in [-0.2, -0.15) is 0 Å². The minimum absolute atomic E-state index is 0.0441. The number of rotatable bonds is 4. The molecule has 3 heteroatoms. The molecule has 116 valence electrons. The van der Waals surface area contributed by atoms with Crippen molar-refractivity contribution in [3.05, 3.63) is 35.9 Å². The summed E-state index contributed by atoms with van der Waals surface area (Å²) in [6.45, 7) is 15.3. The lowest BCUT2D eigenvalue weighted by atomic mass is 9.55. The fourth-order valence-corrected chi connectivity index (χ4v) is 3.00. The van der Waals surface area contributed by atoms with Crippen LogP contribution >= 0.6 is 0 Å². The fraction of sp³-hybridized carbons (Fsp3) is 0.667. The van der Waals surface area contributed by atoms with Crippen LogP contribution in [-0.2, 0) is 14.7 Å². The van der Waals surface area contributed by atoms with E-state index in [1.165, 1.54) is 5.56 Å². The predicted molar refractivity (Wildman–Crippen MR) is 89.6 cm³/mol. The molecule has 1 fully saturated rings. The second-order valence-corrected chi connectivity index (χ2v) is 7.55. The normalized spacial score (nSPS) is 24.6. The van der Waals surface area contributed by atoms with E-state index < -0.39 is 0 Å². The van der Waals surface area contributed by atoms with Crippen LogP contribution in [0, 0.1) is 0 Å². The average molecular weight is 288 g/mol. The molecule has 1 aliphatic heterocycles. The standard InChI is InChI=1S/C18H29BO2/c1-8-18(7,15-12-10-9-11-13-15)14(2)19-20-16(3,4)17(5,6)21-19/h9-14H,8H2,1-7H3/t14-,18-/m1/s1. The third-order valence-electron chi connectivity index (χ3n) is 5.85. The van der Waals surface area contributed by atoms with E-state index >= 15 is 0 Å². The molecule has 2 rings (SSSR count). The first-order valence-corrected chi connectivity index (χ1v) is 8.05. The van der Waals surface area contributed by atoms with Crippen molar-refractivity contribution in [2.45, 2.75) is 77.3 Å². The van der Waals surface area contributed by atoms with Gasteiger partial charge in [0.25, 0.3) is 0 Å². The van der Waals surface area contributed by atoms with E-state index in [0.717, 1.165) is 6.42 Å².